The second kappa shape index (κ2) is 3.94. The average molecular weight is 223 g/mol. The third-order valence-electron chi connectivity index (χ3n) is 2.84. The highest BCUT2D eigenvalue weighted by Gasteiger charge is 2.30. The fourth-order valence-corrected chi connectivity index (χ4v) is 2.00. The Morgan fingerprint density at radius 1 is 1.56 bits per heavy atom. The minimum absolute atomic E-state index is 0.221. The van der Waals surface area contributed by atoms with E-state index in [-0.39, 0.29) is 5.91 Å². The van der Waals surface area contributed by atoms with Gasteiger partial charge in [-0.05, 0) is 26.3 Å². The van der Waals surface area contributed by atoms with Crippen LogP contribution < -0.4 is 0 Å². The molecule has 0 atom stereocenters. The summed E-state index contributed by atoms with van der Waals surface area (Å²) in [6.45, 7) is 4.26. The van der Waals surface area contributed by atoms with Crippen molar-refractivity contribution in [2.45, 2.75) is 38.8 Å². The smallest absolute Gasteiger partial charge is 0.254 e. The largest absolute Gasteiger partial charge is 0.469 e. The van der Waals surface area contributed by atoms with Gasteiger partial charge in [0.05, 0.1) is 6.26 Å². The second-order valence-corrected chi connectivity index (χ2v) is 4.76. The summed E-state index contributed by atoms with van der Waals surface area (Å²) in [4.78, 5) is 13.6. The Kier molecular flexibility index (Phi) is 2.76. The molecule has 0 spiro atoms. The highest BCUT2D eigenvalue weighted by Crippen LogP contribution is 2.21. The summed E-state index contributed by atoms with van der Waals surface area (Å²) >= 11 is 0. The van der Waals surface area contributed by atoms with Crippen LogP contribution in [0, 0.1) is 0 Å². The first-order chi connectivity index (χ1) is 7.48. The van der Waals surface area contributed by atoms with E-state index in [2.05, 4.69) is 0 Å². The molecule has 0 bridgehead atoms. The van der Waals surface area contributed by atoms with Crippen LogP contribution in [-0.4, -0.2) is 28.1 Å². The highest BCUT2D eigenvalue weighted by molar-refractivity contribution is 5.84. The minimum Gasteiger partial charge on any atom is -0.469 e. The fourth-order valence-electron chi connectivity index (χ4n) is 2.00. The zero-order chi connectivity index (χ0) is 11.8. The van der Waals surface area contributed by atoms with Gasteiger partial charge in [0.15, 0.2) is 0 Å². The van der Waals surface area contributed by atoms with E-state index in [0.717, 1.165) is 24.2 Å². The van der Waals surface area contributed by atoms with Crippen molar-refractivity contribution in [2.75, 3.05) is 6.54 Å². The SMILES string of the molecule is CC(C)(O)C(=O)N1CCCc2occc2C1. The van der Waals surface area contributed by atoms with Gasteiger partial charge < -0.3 is 14.4 Å². The van der Waals surface area contributed by atoms with Gasteiger partial charge in [0.2, 0.25) is 0 Å². The maximum atomic E-state index is 11.9. The molecule has 1 N–H and O–H groups in total. The van der Waals surface area contributed by atoms with Gasteiger partial charge in [0, 0.05) is 25.1 Å². The topological polar surface area (TPSA) is 53.7 Å². The van der Waals surface area contributed by atoms with E-state index in [4.69, 9.17) is 4.42 Å². The Labute approximate surface area is 94.9 Å². The zero-order valence-corrected chi connectivity index (χ0v) is 9.69. The number of hydrogen-bond acceptors (Lipinski definition) is 3. The summed E-state index contributed by atoms with van der Waals surface area (Å²) < 4.78 is 5.35. The molecule has 0 unspecified atom stereocenters. The van der Waals surface area contributed by atoms with E-state index in [1.807, 2.05) is 6.07 Å². The molecule has 0 aliphatic carbocycles. The molecule has 0 radical (unpaired) electrons. The first kappa shape index (κ1) is 11.2. The van der Waals surface area contributed by atoms with Gasteiger partial charge in [-0.15, -0.1) is 0 Å². The van der Waals surface area contributed by atoms with Gasteiger partial charge in [-0.3, -0.25) is 4.79 Å². The first-order valence-electron chi connectivity index (χ1n) is 5.55. The molecule has 1 aliphatic rings. The number of aryl methyl sites for hydroxylation is 1. The molecule has 88 valence electrons. The summed E-state index contributed by atoms with van der Waals surface area (Å²) in [7, 11) is 0. The van der Waals surface area contributed by atoms with Crippen LogP contribution in [0.4, 0.5) is 0 Å². The molecule has 0 saturated heterocycles. The lowest BCUT2D eigenvalue weighted by atomic mass is 10.1. The molecule has 0 fully saturated rings. The quantitative estimate of drug-likeness (QED) is 0.781. The molecule has 1 aromatic heterocycles. The lowest BCUT2D eigenvalue weighted by Gasteiger charge is -2.27. The van der Waals surface area contributed by atoms with Crippen molar-refractivity contribution in [1.29, 1.82) is 0 Å². The highest BCUT2D eigenvalue weighted by atomic mass is 16.3. The van der Waals surface area contributed by atoms with Crippen molar-refractivity contribution in [2.24, 2.45) is 0 Å². The van der Waals surface area contributed by atoms with Crippen molar-refractivity contribution in [1.82, 2.24) is 4.90 Å². The van der Waals surface area contributed by atoms with E-state index >= 15 is 0 Å². The zero-order valence-electron chi connectivity index (χ0n) is 9.69. The molecule has 1 aromatic rings. The maximum Gasteiger partial charge on any atom is 0.254 e. The minimum atomic E-state index is -1.30. The van der Waals surface area contributed by atoms with Crippen LogP contribution in [0.2, 0.25) is 0 Å². The summed E-state index contributed by atoms with van der Waals surface area (Å²) in [5.74, 6) is 0.743. The average Bonchev–Trinajstić information content (AvgIpc) is 2.53. The van der Waals surface area contributed by atoms with Crippen molar-refractivity contribution >= 4 is 5.91 Å². The van der Waals surface area contributed by atoms with E-state index in [1.165, 1.54) is 13.8 Å². The molecule has 0 aromatic carbocycles. The van der Waals surface area contributed by atoms with Crippen LogP contribution in [0.1, 0.15) is 31.6 Å². The number of furan rings is 1. The summed E-state index contributed by atoms with van der Waals surface area (Å²) in [5, 5.41) is 9.71. The van der Waals surface area contributed by atoms with Crippen LogP contribution in [0.5, 0.6) is 0 Å². The second-order valence-electron chi connectivity index (χ2n) is 4.76. The van der Waals surface area contributed by atoms with Gasteiger partial charge >= 0.3 is 0 Å². The summed E-state index contributed by atoms with van der Waals surface area (Å²) in [6, 6.07) is 1.89. The van der Waals surface area contributed by atoms with Gasteiger partial charge in [0.25, 0.3) is 5.91 Å². The number of carbonyl (C=O) groups is 1. The van der Waals surface area contributed by atoms with Gasteiger partial charge in [0.1, 0.15) is 11.4 Å². The number of aliphatic hydroxyl groups is 1. The molecule has 1 aliphatic heterocycles. The molecular formula is C12H17NO3. The molecule has 4 nitrogen and oxygen atoms in total. The molecule has 1 amide bonds. The van der Waals surface area contributed by atoms with Crippen LogP contribution in [0.15, 0.2) is 16.7 Å². The summed E-state index contributed by atoms with van der Waals surface area (Å²) in [5.41, 5.74) is -0.246. The molecular weight excluding hydrogens is 206 g/mol. The van der Waals surface area contributed by atoms with Crippen molar-refractivity contribution in [3.63, 3.8) is 0 Å². The van der Waals surface area contributed by atoms with Crippen LogP contribution >= 0.6 is 0 Å². The standard InChI is InChI=1S/C12H17NO3/c1-12(2,15)11(14)13-6-3-4-10-9(8-13)5-7-16-10/h5,7,15H,3-4,6,8H2,1-2H3. The fraction of sp³-hybridized carbons (Fsp3) is 0.583. The van der Waals surface area contributed by atoms with Gasteiger partial charge in [-0.25, -0.2) is 0 Å². The first-order valence-corrected chi connectivity index (χ1v) is 5.55. The van der Waals surface area contributed by atoms with Crippen LogP contribution in [0.25, 0.3) is 0 Å². The third kappa shape index (κ3) is 2.11. The van der Waals surface area contributed by atoms with Crippen LogP contribution in [-0.2, 0) is 17.8 Å². The van der Waals surface area contributed by atoms with E-state index < -0.39 is 5.60 Å². The van der Waals surface area contributed by atoms with Gasteiger partial charge in [-0.2, -0.15) is 0 Å². The molecule has 2 heterocycles. The van der Waals surface area contributed by atoms with Crippen molar-refractivity contribution < 1.29 is 14.3 Å². The number of amides is 1. The van der Waals surface area contributed by atoms with Gasteiger partial charge in [-0.1, -0.05) is 0 Å². The lowest BCUT2D eigenvalue weighted by Crippen LogP contribution is -2.44. The maximum absolute atomic E-state index is 11.9. The van der Waals surface area contributed by atoms with E-state index in [0.29, 0.717) is 13.1 Å². The monoisotopic (exact) mass is 223 g/mol. The number of fused-ring (bicyclic) bond motifs is 1. The number of carbonyl (C=O) groups excluding carboxylic acids is 1. The Morgan fingerprint density at radius 3 is 3.00 bits per heavy atom. The normalized spacial score (nSPS) is 16.8. The van der Waals surface area contributed by atoms with E-state index in [9.17, 15) is 9.90 Å². The Hall–Kier alpha value is -1.29. The number of nitrogens with zero attached hydrogens (tertiary/aromatic N) is 1. The molecule has 16 heavy (non-hydrogen) atoms. The van der Waals surface area contributed by atoms with E-state index in [1.54, 1.807) is 11.2 Å². The lowest BCUT2D eigenvalue weighted by molar-refractivity contribution is -0.148. The Morgan fingerprint density at radius 2 is 2.31 bits per heavy atom. The number of rotatable bonds is 1. The predicted octanol–water partition coefficient (Wildman–Crippen LogP) is 1.33. The Balaban J connectivity index is 2.17. The Bertz CT molecular complexity index is 389. The number of hydrogen-bond donors (Lipinski definition) is 1. The molecule has 4 heteroatoms. The van der Waals surface area contributed by atoms with Crippen LogP contribution in [0.3, 0.4) is 0 Å². The molecule has 2 rings (SSSR count). The van der Waals surface area contributed by atoms with Crippen molar-refractivity contribution in [3.05, 3.63) is 23.7 Å². The van der Waals surface area contributed by atoms with Crippen molar-refractivity contribution in [3.8, 4) is 0 Å². The summed E-state index contributed by atoms with van der Waals surface area (Å²) in [6.07, 6.45) is 3.39. The molecule has 0 saturated carbocycles. The third-order valence-corrected chi connectivity index (χ3v) is 2.84. The predicted molar refractivity (Wildman–Crippen MR) is 58.7 cm³/mol.